The Balaban J connectivity index is 2.63. The van der Waals surface area contributed by atoms with Crippen molar-refractivity contribution in [2.75, 3.05) is 27.3 Å². The predicted molar refractivity (Wildman–Crippen MR) is 60.7 cm³/mol. The lowest BCUT2D eigenvalue weighted by Crippen LogP contribution is -2.36. The Hall–Kier alpha value is -1.66. The van der Waals surface area contributed by atoms with Crippen molar-refractivity contribution in [1.29, 1.82) is 0 Å². The van der Waals surface area contributed by atoms with Gasteiger partial charge in [0.05, 0.1) is 24.5 Å². The fourth-order valence-corrected chi connectivity index (χ4v) is 1.41. The van der Waals surface area contributed by atoms with E-state index in [0.717, 1.165) is 0 Å². The van der Waals surface area contributed by atoms with Gasteiger partial charge < -0.3 is 19.8 Å². The summed E-state index contributed by atoms with van der Waals surface area (Å²) in [6, 6.07) is 1.33. The zero-order chi connectivity index (χ0) is 12.8. The highest BCUT2D eigenvalue weighted by molar-refractivity contribution is 5.94. The highest BCUT2D eigenvalue weighted by Gasteiger charge is 2.15. The number of aromatic nitrogens is 1. The summed E-state index contributed by atoms with van der Waals surface area (Å²) < 4.78 is 4.77. The molecule has 0 saturated carbocycles. The van der Waals surface area contributed by atoms with Gasteiger partial charge >= 0.3 is 0 Å². The molecule has 1 aromatic rings. The van der Waals surface area contributed by atoms with Crippen LogP contribution in [0.25, 0.3) is 0 Å². The van der Waals surface area contributed by atoms with Crippen LogP contribution in [-0.2, 0) is 4.74 Å². The lowest BCUT2D eigenvalue weighted by Gasteiger charge is -2.20. The minimum Gasteiger partial charge on any atom is -0.506 e. The Labute approximate surface area is 99.5 Å². The Morgan fingerprint density at radius 1 is 1.59 bits per heavy atom. The van der Waals surface area contributed by atoms with E-state index in [0.29, 0.717) is 0 Å². The van der Waals surface area contributed by atoms with Gasteiger partial charge in [-0.3, -0.25) is 9.78 Å². The number of carbonyl (C=O) groups excluding carboxylic acids is 1. The van der Waals surface area contributed by atoms with Crippen molar-refractivity contribution < 1.29 is 19.7 Å². The fourth-order valence-electron chi connectivity index (χ4n) is 1.41. The van der Waals surface area contributed by atoms with Crippen molar-refractivity contribution >= 4 is 5.91 Å². The molecule has 1 aromatic heterocycles. The lowest BCUT2D eigenvalue weighted by atomic mass is 10.2. The molecule has 0 aliphatic carbocycles. The molecule has 1 rings (SSSR count). The minimum absolute atomic E-state index is 0.0679. The first-order valence-electron chi connectivity index (χ1n) is 5.11. The summed E-state index contributed by atoms with van der Waals surface area (Å²) in [5.41, 5.74) is 0.275. The summed E-state index contributed by atoms with van der Waals surface area (Å²) in [5, 5.41) is 18.7. The molecule has 1 unspecified atom stereocenters. The SMILES string of the molecule is COCC(O)CN(C)C(=O)c1cncc(O)c1. The van der Waals surface area contributed by atoms with Crippen molar-refractivity contribution in [2.24, 2.45) is 0 Å². The highest BCUT2D eigenvalue weighted by atomic mass is 16.5. The van der Waals surface area contributed by atoms with E-state index >= 15 is 0 Å². The standard InChI is InChI=1S/C11H16N2O4/c1-13(6-10(15)7-17-2)11(16)8-3-9(14)5-12-4-8/h3-5,10,14-15H,6-7H2,1-2H3. The van der Waals surface area contributed by atoms with Gasteiger partial charge in [0.1, 0.15) is 5.75 Å². The van der Waals surface area contributed by atoms with Gasteiger partial charge in [-0.15, -0.1) is 0 Å². The first-order chi connectivity index (χ1) is 8.04. The van der Waals surface area contributed by atoms with Gasteiger partial charge in [0.2, 0.25) is 0 Å². The van der Waals surface area contributed by atoms with Crippen molar-refractivity contribution in [2.45, 2.75) is 6.10 Å². The van der Waals surface area contributed by atoms with Gasteiger partial charge in [0, 0.05) is 26.9 Å². The number of carbonyl (C=O) groups is 1. The van der Waals surface area contributed by atoms with E-state index in [1.54, 1.807) is 7.05 Å². The molecule has 0 saturated heterocycles. The molecule has 0 aromatic carbocycles. The number of aliphatic hydroxyl groups is 1. The van der Waals surface area contributed by atoms with E-state index in [4.69, 9.17) is 4.74 Å². The monoisotopic (exact) mass is 240 g/mol. The van der Waals surface area contributed by atoms with E-state index in [1.165, 1.54) is 30.5 Å². The van der Waals surface area contributed by atoms with Crippen LogP contribution in [0.5, 0.6) is 5.75 Å². The summed E-state index contributed by atoms with van der Waals surface area (Å²) in [7, 11) is 3.04. The van der Waals surface area contributed by atoms with Gasteiger partial charge in [-0.05, 0) is 6.07 Å². The smallest absolute Gasteiger partial charge is 0.255 e. The van der Waals surface area contributed by atoms with Crippen LogP contribution in [0.15, 0.2) is 18.5 Å². The van der Waals surface area contributed by atoms with E-state index in [2.05, 4.69) is 4.98 Å². The quantitative estimate of drug-likeness (QED) is 0.749. The third-order valence-corrected chi connectivity index (χ3v) is 2.16. The molecular formula is C11H16N2O4. The van der Waals surface area contributed by atoms with E-state index in [1.807, 2.05) is 0 Å². The summed E-state index contributed by atoms with van der Waals surface area (Å²) in [6.45, 7) is 0.318. The minimum atomic E-state index is -0.737. The first kappa shape index (κ1) is 13.4. The number of aromatic hydroxyl groups is 1. The maximum absolute atomic E-state index is 11.9. The number of pyridine rings is 1. The van der Waals surface area contributed by atoms with Gasteiger partial charge in [0.15, 0.2) is 0 Å². The second-order valence-corrected chi connectivity index (χ2v) is 3.73. The molecule has 0 aliphatic rings. The molecule has 1 heterocycles. The summed E-state index contributed by atoms with van der Waals surface area (Å²) in [4.78, 5) is 16.9. The second kappa shape index (κ2) is 6.17. The van der Waals surface area contributed by atoms with Crippen LogP contribution >= 0.6 is 0 Å². The molecular weight excluding hydrogens is 224 g/mol. The fraction of sp³-hybridized carbons (Fsp3) is 0.455. The summed E-state index contributed by atoms with van der Waals surface area (Å²) >= 11 is 0. The Morgan fingerprint density at radius 3 is 2.88 bits per heavy atom. The van der Waals surface area contributed by atoms with Gasteiger partial charge in [-0.1, -0.05) is 0 Å². The first-order valence-corrected chi connectivity index (χ1v) is 5.11. The van der Waals surface area contributed by atoms with Gasteiger partial charge in [-0.25, -0.2) is 0 Å². The van der Waals surface area contributed by atoms with Crippen LogP contribution < -0.4 is 0 Å². The third kappa shape index (κ3) is 4.01. The number of rotatable bonds is 5. The van der Waals surface area contributed by atoms with Crippen LogP contribution in [0.3, 0.4) is 0 Å². The van der Waals surface area contributed by atoms with Crippen molar-refractivity contribution in [1.82, 2.24) is 9.88 Å². The summed E-state index contributed by atoms with van der Waals surface area (Å²) in [6.07, 6.45) is 1.87. The molecule has 2 N–H and O–H groups in total. The van der Waals surface area contributed by atoms with E-state index in [9.17, 15) is 15.0 Å². The van der Waals surface area contributed by atoms with Gasteiger partial charge in [-0.2, -0.15) is 0 Å². The molecule has 0 aliphatic heterocycles. The molecule has 0 bridgehead atoms. The van der Waals surface area contributed by atoms with E-state index in [-0.39, 0.29) is 30.4 Å². The van der Waals surface area contributed by atoms with Crippen molar-refractivity contribution in [3.8, 4) is 5.75 Å². The molecule has 0 fully saturated rings. The molecule has 6 nitrogen and oxygen atoms in total. The largest absolute Gasteiger partial charge is 0.506 e. The molecule has 1 amide bonds. The lowest BCUT2D eigenvalue weighted by molar-refractivity contribution is 0.0380. The number of hydrogen-bond donors (Lipinski definition) is 2. The predicted octanol–water partition coefficient (Wildman–Crippen LogP) is -0.134. The molecule has 0 radical (unpaired) electrons. The van der Waals surface area contributed by atoms with Crippen LogP contribution in [0.2, 0.25) is 0 Å². The second-order valence-electron chi connectivity index (χ2n) is 3.73. The average Bonchev–Trinajstić information content (AvgIpc) is 2.28. The number of likely N-dealkylation sites (N-methyl/N-ethyl adjacent to an activating group) is 1. The number of methoxy groups -OCH3 is 1. The normalized spacial score (nSPS) is 12.2. The van der Waals surface area contributed by atoms with E-state index < -0.39 is 6.10 Å². The Bertz CT molecular complexity index is 383. The maximum atomic E-state index is 11.9. The highest BCUT2D eigenvalue weighted by Crippen LogP contribution is 2.10. The number of hydrogen-bond acceptors (Lipinski definition) is 5. The zero-order valence-electron chi connectivity index (χ0n) is 9.83. The third-order valence-electron chi connectivity index (χ3n) is 2.16. The maximum Gasteiger partial charge on any atom is 0.255 e. The van der Waals surface area contributed by atoms with Crippen molar-refractivity contribution in [3.05, 3.63) is 24.0 Å². The van der Waals surface area contributed by atoms with Crippen LogP contribution in [0.4, 0.5) is 0 Å². The molecule has 1 atom stereocenters. The van der Waals surface area contributed by atoms with Crippen molar-refractivity contribution in [3.63, 3.8) is 0 Å². The van der Waals surface area contributed by atoms with Crippen LogP contribution in [-0.4, -0.2) is 59.4 Å². The Morgan fingerprint density at radius 2 is 2.29 bits per heavy atom. The molecule has 6 heteroatoms. The molecule has 94 valence electrons. The van der Waals surface area contributed by atoms with Crippen LogP contribution in [0, 0.1) is 0 Å². The zero-order valence-corrected chi connectivity index (χ0v) is 9.83. The Kier molecular flexibility index (Phi) is 4.86. The average molecular weight is 240 g/mol. The number of aliphatic hydroxyl groups excluding tert-OH is 1. The van der Waals surface area contributed by atoms with Crippen LogP contribution in [0.1, 0.15) is 10.4 Å². The molecule has 0 spiro atoms. The number of ether oxygens (including phenoxy) is 1. The number of nitrogens with zero attached hydrogens (tertiary/aromatic N) is 2. The molecule has 17 heavy (non-hydrogen) atoms. The topological polar surface area (TPSA) is 82.9 Å². The summed E-state index contributed by atoms with van der Waals surface area (Å²) in [5.74, 6) is -0.384. The number of amides is 1. The van der Waals surface area contributed by atoms with Gasteiger partial charge in [0.25, 0.3) is 5.91 Å².